The van der Waals surface area contributed by atoms with E-state index in [-0.39, 0.29) is 11.7 Å². The number of rotatable bonds is 14. The molecule has 5 aliphatic heterocycles. The molecule has 7 heteroatoms. The van der Waals surface area contributed by atoms with Crippen LogP contribution in [-0.2, 0) is 22.3 Å². The SMILES string of the molecule is C/C=C/CCCC1C=C(C2CC3SC(C4OCC(C)(C)CO4)=CC3S2)SC1C1CC(CCCCCC)C(C2=CC=C(n3c4c(c5c3C=CCC5)CCC=C4)CC2)S1. The Hall–Kier alpha value is -1.22. The molecule has 9 rings (SSSR count). The highest BCUT2D eigenvalue weighted by molar-refractivity contribution is 8.10. The number of nitrogens with zero attached hydrogens (tertiary/aromatic N) is 1. The predicted octanol–water partition coefficient (Wildman–Crippen LogP) is 14.1. The van der Waals surface area contributed by atoms with Crippen LogP contribution in [0.4, 0.5) is 0 Å². The van der Waals surface area contributed by atoms with Gasteiger partial charge in [0.05, 0.1) is 13.2 Å². The van der Waals surface area contributed by atoms with E-state index in [1.54, 1.807) is 21.6 Å². The van der Waals surface area contributed by atoms with E-state index in [0.29, 0.717) is 32.2 Å². The van der Waals surface area contributed by atoms with Crippen LogP contribution in [0.25, 0.3) is 17.8 Å². The molecule has 3 aliphatic carbocycles. The summed E-state index contributed by atoms with van der Waals surface area (Å²) in [6.07, 6.45) is 45.2. The maximum Gasteiger partial charge on any atom is 0.189 e. The first-order valence-corrected chi connectivity index (χ1v) is 26.4. The van der Waals surface area contributed by atoms with Crippen molar-refractivity contribution in [2.45, 2.75) is 168 Å². The standard InChI is InChI=1S/C50H67NO2S4/c1-5-7-9-11-17-34-28-45(57-47(34)33-23-25-36(26-24-33)51-39-21-15-13-19-37(39)38-20-14-16-22-40(38)51)48-35(18-12-10-8-6-2)27-41(56-48)42-29-43-44(54-42)30-46(55-43)49-52-31-50(3,4)32-53-49/h6,8,15-16,21-23,25,27,30,34-35,42-45,47-49H,5,7,9-14,17-20,24,26,28-29,31-32H2,1-4H3/b8-6+. The molecule has 57 heavy (non-hydrogen) atoms. The minimum Gasteiger partial charge on any atom is -0.347 e. The molecule has 3 fully saturated rings. The summed E-state index contributed by atoms with van der Waals surface area (Å²) in [5.41, 5.74) is 9.57. The van der Waals surface area contributed by atoms with Gasteiger partial charge in [-0.1, -0.05) is 94.6 Å². The van der Waals surface area contributed by atoms with Crippen LogP contribution < -0.4 is 0 Å². The summed E-state index contributed by atoms with van der Waals surface area (Å²) in [7, 11) is 0. The van der Waals surface area contributed by atoms with E-state index in [1.165, 1.54) is 118 Å². The van der Waals surface area contributed by atoms with Crippen LogP contribution in [0.2, 0.25) is 0 Å². The minimum atomic E-state index is -0.152. The van der Waals surface area contributed by atoms with Gasteiger partial charge in [0.15, 0.2) is 6.29 Å². The quantitative estimate of drug-likeness (QED) is 0.137. The minimum absolute atomic E-state index is 0.112. The summed E-state index contributed by atoms with van der Waals surface area (Å²) in [4.78, 5) is 3.05. The normalized spacial score (nSPS) is 33.3. The molecule has 0 spiro atoms. The van der Waals surface area contributed by atoms with Gasteiger partial charge in [-0.3, -0.25) is 0 Å². The summed E-state index contributed by atoms with van der Waals surface area (Å²) >= 11 is 9.04. The van der Waals surface area contributed by atoms with Crippen LogP contribution in [0.3, 0.4) is 0 Å². The summed E-state index contributed by atoms with van der Waals surface area (Å²) in [6, 6.07) is 0. The van der Waals surface area contributed by atoms with Crippen molar-refractivity contribution in [1.82, 2.24) is 4.57 Å². The molecule has 6 heterocycles. The van der Waals surface area contributed by atoms with Gasteiger partial charge in [0.2, 0.25) is 0 Å². The van der Waals surface area contributed by atoms with E-state index in [1.807, 2.05) is 0 Å². The molecule has 0 bridgehead atoms. The number of unbranched alkanes of at least 4 members (excludes halogenated alkanes) is 4. The molecule has 0 saturated carbocycles. The topological polar surface area (TPSA) is 23.4 Å². The maximum atomic E-state index is 6.21. The molecule has 8 unspecified atom stereocenters. The average molecular weight is 842 g/mol. The van der Waals surface area contributed by atoms with Crippen molar-refractivity contribution in [2.75, 3.05) is 13.2 Å². The summed E-state index contributed by atoms with van der Waals surface area (Å²) in [5.74, 6) is 1.50. The Bertz CT molecular complexity index is 1790. The third-order valence-corrected chi connectivity index (χ3v) is 20.7. The lowest BCUT2D eigenvalue weighted by molar-refractivity contribution is -0.199. The molecule has 1 aromatic rings. The van der Waals surface area contributed by atoms with Crippen molar-refractivity contribution in [3.8, 4) is 0 Å². The Labute approximate surface area is 361 Å². The zero-order chi connectivity index (χ0) is 38.9. The van der Waals surface area contributed by atoms with E-state index >= 15 is 0 Å². The zero-order valence-electron chi connectivity index (χ0n) is 35.1. The number of hydrogen-bond donors (Lipinski definition) is 0. The van der Waals surface area contributed by atoms with Crippen molar-refractivity contribution in [2.24, 2.45) is 17.3 Å². The largest absolute Gasteiger partial charge is 0.347 e. The highest BCUT2D eigenvalue weighted by Crippen LogP contribution is 2.59. The summed E-state index contributed by atoms with van der Waals surface area (Å²) in [5, 5.41) is 3.97. The molecule has 3 saturated heterocycles. The third-order valence-electron chi connectivity index (χ3n) is 13.8. The van der Waals surface area contributed by atoms with E-state index in [4.69, 9.17) is 9.47 Å². The molecular weight excluding hydrogens is 775 g/mol. The van der Waals surface area contributed by atoms with Crippen molar-refractivity contribution >= 4 is 64.9 Å². The van der Waals surface area contributed by atoms with Crippen molar-refractivity contribution in [3.05, 3.63) is 86.5 Å². The molecule has 0 aromatic carbocycles. The average Bonchev–Trinajstić information content (AvgIpc) is 4.05. The second kappa shape index (κ2) is 18.4. The van der Waals surface area contributed by atoms with Gasteiger partial charge in [-0.2, -0.15) is 0 Å². The molecule has 1 aromatic heterocycles. The monoisotopic (exact) mass is 841 g/mol. The van der Waals surface area contributed by atoms with Gasteiger partial charge in [0.1, 0.15) is 0 Å². The van der Waals surface area contributed by atoms with Crippen LogP contribution in [0.15, 0.2) is 64.0 Å². The second-order valence-electron chi connectivity index (χ2n) is 18.8. The van der Waals surface area contributed by atoms with Crippen molar-refractivity contribution in [1.29, 1.82) is 0 Å². The fourth-order valence-electron chi connectivity index (χ4n) is 10.8. The Balaban J connectivity index is 0.915. The lowest BCUT2D eigenvalue weighted by Gasteiger charge is -2.35. The van der Waals surface area contributed by atoms with Crippen LogP contribution in [0, 0.1) is 17.3 Å². The first kappa shape index (κ1) is 41.1. The second-order valence-corrected chi connectivity index (χ2v) is 24.1. The summed E-state index contributed by atoms with van der Waals surface area (Å²) < 4.78 is 15.1. The number of fused-ring (bicyclic) bond motifs is 4. The highest BCUT2D eigenvalue weighted by atomic mass is 32.2. The summed E-state index contributed by atoms with van der Waals surface area (Å²) in [6.45, 7) is 10.6. The van der Waals surface area contributed by atoms with Gasteiger partial charge in [0.25, 0.3) is 0 Å². The van der Waals surface area contributed by atoms with E-state index < -0.39 is 0 Å². The Kier molecular flexibility index (Phi) is 13.3. The fourth-order valence-corrected chi connectivity index (χ4v) is 18.2. The van der Waals surface area contributed by atoms with Crippen LogP contribution >= 0.6 is 47.0 Å². The van der Waals surface area contributed by atoms with Crippen LogP contribution in [0.1, 0.15) is 140 Å². The van der Waals surface area contributed by atoms with Gasteiger partial charge < -0.3 is 14.0 Å². The van der Waals surface area contributed by atoms with Gasteiger partial charge in [-0.05, 0) is 130 Å². The smallest absolute Gasteiger partial charge is 0.189 e. The zero-order valence-corrected chi connectivity index (χ0v) is 38.4. The highest BCUT2D eigenvalue weighted by Gasteiger charge is 2.48. The van der Waals surface area contributed by atoms with Crippen molar-refractivity contribution < 1.29 is 9.47 Å². The Morgan fingerprint density at radius 2 is 1.60 bits per heavy atom. The Morgan fingerprint density at radius 1 is 0.807 bits per heavy atom. The first-order valence-electron chi connectivity index (χ1n) is 22.8. The fraction of sp³-hybridized carbons (Fsp3) is 0.640. The van der Waals surface area contributed by atoms with Gasteiger partial charge in [0, 0.05) is 58.9 Å². The lowest BCUT2D eigenvalue weighted by atomic mass is 9.84. The van der Waals surface area contributed by atoms with E-state index in [9.17, 15) is 0 Å². The number of thioether (sulfide) groups is 4. The van der Waals surface area contributed by atoms with Crippen LogP contribution in [-0.4, -0.2) is 55.6 Å². The molecule has 0 amide bonds. The molecule has 8 aliphatic rings. The van der Waals surface area contributed by atoms with Gasteiger partial charge in [-0.15, -0.1) is 47.0 Å². The van der Waals surface area contributed by atoms with E-state index in [2.05, 4.69) is 140 Å². The van der Waals surface area contributed by atoms with Crippen LogP contribution in [0.5, 0.6) is 0 Å². The number of aromatic nitrogens is 1. The predicted molar refractivity (Wildman–Crippen MR) is 253 cm³/mol. The first-order chi connectivity index (χ1) is 27.9. The number of hydrogen-bond acceptors (Lipinski definition) is 6. The van der Waals surface area contributed by atoms with E-state index in [0.717, 1.165) is 30.8 Å². The molecule has 0 N–H and O–H groups in total. The number of ether oxygens (including phenoxy) is 2. The van der Waals surface area contributed by atoms with Gasteiger partial charge >= 0.3 is 0 Å². The molecule has 3 nitrogen and oxygen atoms in total. The Morgan fingerprint density at radius 3 is 2.30 bits per heavy atom. The van der Waals surface area contributed by atoms with Crippen molar-refractivity contribution in [3.63, 3.8) is 0 Å². The molecule has 308 valence electrons. The molecule has 8 atom stereocenters. The maximum absolute atomic E-state index is 6.21. The molecule has 0 radical (unpaired) electrons. The lowest BCUT2D eigenvalue weighted by Crippen LogP contribution is -2.38. The number of allylic oxidation sites excluding steroid dienone is 8. The third kappa shape index (κ3) is 8.92. The van der Waals surface area contributed by atoms with Gasteiger partial charge in [-0.25, -0.2) is 0 Å². The molecular formula is C50H67NO2S4.